The monoisotopic (exact) mass is 420 g/mol. The lowest BCUT2D eigenvalue weighted by atomic mass is 9.97. The van der Waals surface area contributed by atoms with Crippen LogP contribution in [0.15, 0.2) is 42.5 Å². The van der Waals surface area contributed by atoms with Crippen LogP contribution in [0.3, 0.4) is 0 Å². The Morgan fingerprint density at radius 3 is 2.32 bits per heavy atom. The van der Waals surface area contributed by atoms with Crippen LogP contribution in [0.5, 0.6) is 0 Å². The van der Waals surface area contributed by atoms with Crippen LogP contribution in [0.4, 0.5) is 5.69 Å². The molecule has 7 heteroatoms. The van der Waals surface area contributed by atoms with E-state index in [0.717, 1.165) is 16.8 Å². The maximum atomic E-state index is 12.7. The van der Waals surface area contributed by atoms with E-state index in [9.17, 15) is 13.2 Å². The molecule has 0 aliphatic carbocycles. The van der Waals surface area contributed by atoms with Crippen LogP contribution in [0.25, 0.3) is 0 Å². The number of nitrogens with zero attached hydrogens (tertiary/aromatic N) is 1. The van der Waals surface area contributed by atoms with Crippen LogP contribution in [-0.2, 0) is 20.6 Å². The molecule has 1 N–H and O–H groups in total. The Balaban J connectivity index is 1.59. The van der Waals surface area contributed by atoms with Crippen LogP contribution in [0.2, 0.25) is 5.02 Å². The van der Waals surface area contributed by atoms with Crippen molar-refractivity contribution in [1.82, 2.24) is 4.31 Å². The number of aryl methyl sites for hydroxylation is 2. The van der Waals surface area contributed by atoms with Crippen LogP contribution >= 0.6 is 11.6 Å². The number of halogens is 1. The predicted molar refractivity (Wildman–Crippen MR) is 113 cm³/mol. The van der Waals surface area contributed by atoms with E-state index >= 15 is 0 Å². The predicted octanol–water partition coefficient (Wildman–Crippen LogP) is 4.14. The average Bonchev–Trinajstić information content (AvgIpc) is 2.63. The Bertz CT molecular complexity index is 947. The van der Waals surface area contributed by atoms with Gasteiger partial charge in [-0.15, -0.1) is 0 Å². The molecule has 0 unspecified atom stereocenters. The number of hydrogen-bond acceptors (Lipinski definition) is 3. The number of nitrogens with one attached hydrogen (secondary N) is 1. The number of amides is 1. The van der Waals surface area contributed by atoms with Gasteiger partial charge >= 0.3 is 0 Å². The number of rotatable bonds is 5. The molecule has 1 aliphatic heterocycles. The van der Waals surface area contributed by atoms with Crippen molar-refractivity contribution in [3.05, 3.63) is 64.2 Å². The zero-order valence-electron chi connectivity index (χ0n) is 16.1. The molecule has 2 aromatic rings. The van der Waals surface area contributed by atoms with Crippen LogP contribution < -0.4 is 5.32 Å². The van der Waals surface area contributed by atoms with Crippen LogP contribution in [0, 0.1) is 19.8 Å². The van der Waals surface area contributed by atoms with Crippen molar-refractivity contribution in [2.75, 3.05) is 18.4 Å². The van der Waals surface area contributed by atoms with Crippen molar-refractivity contribution in [2.24, 2.45) is 5.92 Å². The molecule has 3 rings (SSSR count). The second-order valence-electron chi connectivity index (χ2n) is 7.39. The Morgan fingerprint density at radius 2 is 1.71 bits per heavy atom. The highest BCUT2D eigenvalue weighted by atomic mass is 35.5. The number of anilines is 1. The lowest BCUT2D eigenvalue weighted by Gasteiger charge is -2.30. The molecular formula is C21H25ClN2O3S. The Morgan fingerprint density at radius 1 is 1.11 bits per heavy atom. The number of piperidine rings is 1. The maximum absolute atomic E-state index is 12.7. The summed E-state index contributed by atoms with van der Waals surface area (Å²) in [5.41, 5.74) is 3.57. The summed E-state index contributed by atoms with van der Waals surface area (Å²) in [5, 5.41) is 3.42. The molecule has 28 heavy (non-hydrogen) atoms. The minimum atomic E-state index is -3.46. The Hall–Kier alpha value is -1.89. The van der Waals surface area contributed by atoms with Gasteiger partial charge in [0.1, 0.15) is 0 Å². The van der Waals surface area contributed by atoms with Gasteiger partial charge in [0.15, 0.2) is 0 Å². The van der Waals surface area contributed by atoms with Gasteiger partial charge in [0, 0.05) is 29.7 Å². The first-order valence-corrected chi connectivity index (χ1v) is 11.3. The van der Waals surface area contributed by atoms with E-state index in [0.29, 0.717) is 36.5 Å². The van der Waals surface area contributed by atoms with Gasteiger partial charge in [0.25, 0.3) is 0 Å². The van der Waals surface area contributed by atoms with E-state index < -0.39 is 10.0 Å². The quantitative estimate of drug-likeness (QED) is 0.790. The van der Waals surface area contributed by atoms with Crippen molar-refractivity contribution < 1.29 is 13.2 Å². The van der Waals surface area contributed by atoms with Crippen molar-refractivity contribution >= 4 is 33.2 Å². The molecule has 1 amide bonds. The Labute approximate surface area is 171 Å². The third-order valence-corrected chi connectivity index (χ3v) is 7.20. The summed E-state index contributed by atoms with van der Waals surface area (Å²) < 4.78 is 26.9. The van der Waals surface area contributed by atoms with E-state index in [1.54, 1.807) is 24.3 Å². The van der Waals surface area contributed by atoms with E-state index in [4.69, 9.17) is 11.6 Å². The average molecular weight is 421 g/mol. The number of carbonyl (C=O) groups excluding carboxylic acids is 1. The highest BCUT2D eigenvalue weighted by Gasteiger charge is 2.31. The Kier molecular flexibility index (Phi) is 6.43. The summed E-state index contributed by atoms with van der Waals surface area (Å²) >= 11 is 6.10. The molecule has 2 aromatic carbocycles. The van der Waals surface area contributed by atoms with E-state index in [-0.39, 0.29) is 17.6 Å². The molecule has 150 valence electrons. The second-order valence-corrected chi connectivity index (χ2v) is 9.76. The molecule has 1 heterocycles. The first-order chi connectivity index (χ1) is 13.2. The lowest BCUT2D eigenvalue weighted by Crippen LogP contribution is -2.41. The summed E-state index contributed by atoms with van der Waals surface area (Å²) in [4.78, 5) is 12.6. The van der Waals surface area contributed by atoms with Gasteiger partial charge in [-0.3, -0.25) is 4.79 Å². The van der Waals surface area contributed by atoms with Gasteiger partial charge in [-0.25, -0.2) is 12.7 Å². The molecule has 1 fully saturated rings. The van der Waals surface area contributed by atoms with Crippen LogP contribution in [0.1, 0.15) is 29.5 Å². The summed E-state index contributed by atoms with van der Waals surface area (Å²) in [7, 11) is -3.46. The minimum Gasteiger partial charge on any atom is -0.326 e. The summed E-state index contributed by atoms with van der Waals surface area (Å²) in [6, 6.07) is 12.9. The molecule has 0 spiro atoms. The minimum absolute atomic E-state index is 0.0480. The standard InChI is InChI=1S/C21H25ClN2O3S/c1-15-11-16(2)13-19(12-15)23-21(25)17-7-9-24(10-8-17)28(26,27)14-18-5-3-4-6-20(18)22/h3-6,11-13,17H,7-10,14H2,1-2H3,(H,23,25). The van der Waals surface area contributed by atoms with Gasteiger partial charge in [-0.2, -0.15) is 0 Å². The molecular weight excluding hydrogens is 396 g/mol. The lowest BCUT2D eigenvalue weighted by molar-refractivity contribution is -0.120. The number of sulfonamides is 1. The van der Waals surface area contributed by atoms with Gasteiger partial charge in [0.2, 0.25) is 15.9 Å². The number of carbonyl (C=O) groups is 1. The smallest absolute Gasteiger partial charge is 0.227 e. The zero-order valence-corrected chi connectivity index (χ0v) is 17.7. The molecule has 5 nitrogen and oxygen atoms in total. The molecule has 0 atom stereocenters. The van der Waals surface area contributed by atoms with E-state index in [2.05, 4.69) is 11.4 Å². The van der Waals surface area contributed by atoms with E-state index in [1.165, 1.54) is 4.31 Å². The molecule has 0 bridgehead atoms. The normalized spacial score (nSPS) is 16.1. The summed E-state index contributed by atoms with van der Waals surface area (Å²) in [6.07, 6.45) is 1.02. The summed E-state index contributed by atoms with van der Waals surface area (Å²) in [5.74, 6) is -0.354. The fourth-order valence-electron chi connectivity index (χ4n) is 3.59. The molecule has 0 radical (unpaired) electrons. The van der Waals surface area contributed by atoms with Gasteiger partial charge in [0.05, 0.1) is 5.75 Å². The highest BCUT2D eigenvalue weighted by Crippen LogP contribution is 2.25. The first-order valence-electron chi connectivity index (χ1n) is 9.35. The largest absolute Gasteiger partial charge is 0.326 e. The summed E-state index contributed by atoms with van der Waals surface area (Å²) in [6.45, 7) is 4.67. The fraction of sp³-hybridized carbons (Fsp3) is 0.381. The second kappa shape index (κ2) is 8.64. The van der Waals surface area contributed by atoms with Crippen molar-refractivity contribution in [1.29, 1.82) is 0 Å². The molecule has 1 aliphatic rings. The molecule has 0 saturated carbocycles. The van der Waals surface area contributed by atoms with Gasteiger partial charge in [-0.1, -0.05) is 35.9 Å². The van der Waals surface area contributed by atoms with Gasteiger partial charge < -0.3 is 5.32 Å². The molecule has 1 saturated heterocycles. The third kappa shape index (κ3) is 5.13. The molecule has 0 aromatic heterocycles. The van der Waals surface area contributed by atoms with Crippen molar-refractivity contribution in [2.45, 2.75) is 32.4 Å². The number of hydrogen-bond donors (Lipinski definition) is 1. The van der Waals surface area contributed by atoms with Crippen LogP contribution in [-0.4, -0.2) is 31.7 Å². The third-order valence-electron chi connectivity index (χ3n) is 5.00. The fourth-order valence-corrected chi connectivity index (χ4v) is 5.47. The maximum Gasteiger partial charge on any atom is 0.227 e. The highest BCUT2D eigenvalue weighted by molar-refractivity contribution is 7.88. The number of benzene rings is 2. The van der Waals surface area contributed by atoms with Crippen molar-refractivity contribution in [3.63, 3.8) is 0 Å². The van der Waals surface area contributed by atoms with Gasteiger partial charge in [-0.05, 0) is 61.6 Å². The van der Waals surface area contributed by atoms with Crippen molar-refractivity contribution in [3.8, 4) is 0 Å². The first kappa shape index (κ1) is 20.8. The topological polar surface area (TPSA) is 66.5 Å². The van der Waals surface area contributed by atoms with E-state index in [1.807, 2.05) is 26.0 Å². The zero-order chi connectivity index (χ0) is 20.3. The SMILES string of the molecule is Cc1cc(C)cc(NC(=O)C2CCN(S(=O)(=O)Cc3ccccc3Cl)CC2)c1.